The zero-order valence-corrected chi connectivity index (χ0v) is 16.7. The SMILES string of the molecule is CCC1(c2ccc(OC)c(C)c2)NC(=O)N(CC(=O)NCc2cccnc2)C1=O. The van der Waals surface area contributed by atoms with Gasteiger partial charge in [0.15, 0.2) is 0 Å². The summed E-state index contributed by atoms with van der Waals surface area (Å²) in [4.78, 5) is 43.0. The molecule has 0 bridgehead atoms. The number of pyridine rings is 1. The number of aryl methyl sites for hydroxylation is 1. The van der Waals surface area contributed by atoms with Crippen LogP contribution in [-0.4, -0.2) is 41.4 Å². The molecule has 8 heteroatoms. The Labute approximate surface area is 169 Å². The lowest BCUT2D eigenvalue weighted by Crippen LogP contribution is -2.44. The van der Waals surface area contributed by atoms with Gasteiger partial charge in [-0.05, 0) is 48.2 Å². The van der Waals surface area contributed by atoms with E-state index in [2.05, 4.69) is 15.6 Å². The number of ether oxygens (including phenoxy) is 1. The van der Waals surface area contributed by atoms with Crippen LogP contribution in [0.15, 0.2) is 42.7 Å². The molecular weight excluding hydrogens is 372 g/mol. The zero-order chi connectivity index (χ0) is 21.0. The molecule has 152 valence electrons. The lowest BCUT2D eigenvalue weighted by molar-refractivity contribution is -0.135. The van der Waals surface area contributed by atoms with E-state index in [0.29, 0.717) is 17.7 Å². The summed E-state index contributed by atoms with van der Waals surface area (Å²) < 4.78 is 5.27. The first-order valence-electron chi connectivity index (χ1n) is 9.36. The second-order valence-electron chi connectivity index (χ2n) is 6.90. The third kappa shape index (κ3) is 3.91. The van der Waals surface area contributed by atoms with Crippen LogP contribution >= 0.6 is 0 Å². The average molecular weight is 396 g/mol. The van der Waals surface area contributed by atoms with Gasteiger partial charge in [0.05, 0.1) is 7.11 Å². The topological polar surface area (TPSA) is 101 Å². The Morgan fingerprint density at radius 3 is 2.72 bits per heavy atom. The van der Waals surface area contributed by atoms with Crippen LogP contribution in [0.1, 0.15) is 30.0 Å². The number of amides is 4. The van der Waals surface area contributed by atoms with Crippen molar-refractivity contribution >= 4 is 17.8 Å². The Balaban J connectivity index is 1.75. The van der Waals surface area contributed by atoms with E-state index in [1.165, 1.54) is 0 Å². The van der Waals surface area contributed by atoms with Gasteiger partial charge in [0.2, 0.25) is 5.91 Å². The summed E-state index contributed by atoms with van der Waals surface area (Å²) in [5.41, 5.74) is 1.15. The van der Waals surface area contributed by atoms with Crippen LogP contribution in [0.4, 0.5) is 4.79 Å². The molecule has 0 spiro atoms. The van der Waals surface area contributed by atoms with Crippen molar-refractivity contribution in [1.82, 2.24) is 20.5 Å². The summed E-state index contributed by atoms with van der Waals surface area (Å²) in [5, 5.41) is 5.49. The van der Waals surface area contributed by atoms with Gasteiger partial charge in [-0.3, -0.25) is 19.5 Å². The van der Waals surface area contributed by atoms with E-state index in [1.54, 1.807) is 37.7 Å². The predicted molar refractivity (Wildman–Crippen MR) is 106 cm³/mol. The van der Waals surface area contributed by atoms with Gasteiger partial charge in [-0.1, -0.05) is 19.1 Å². The molecule has 0 saturated carbocycles. The van der Waals surface area contributed by atoms with Crippen molar-refractivity contribution in [1.29, 1.82) is 0 Å². The van der Waals surface area contributed by atoms with Crippen molar-refractivity contribution in [3.63, 3.8) is 0 Å². The normalized spacial score (nSPS) is 18.5. The summed E-state index contributed by atoms with van der Waals surface area (Å²) in [7, 11) is 1.58. The largest absolute Gasteiger partial charge is 0.496 e. The highest BCUT2D eigenvalue weighted by Crippen LogP contribution is 2.34. The fourth-order valence-electron chi connectivity index (χ4n) is 3.46. The number of nitrogens with one attached hydrogen (secondary N) is 2. The maximum Gasteiger partial charge on any atom is 0.325 e. The molecule has 29 heavy (non-hydrogen) atoms. The van der Waals surface area contributed by atoms with E-state index < -0.39 is 23.4 Å². The van der Waals surface area contributed by atoms with Crippen molar-refractivity contribution in [2.24, 2.45) is 0 Å². The minimum absolute atomic E-state index is 0.271. The number of aromatic nitrogens is 1. The van der Waals surface area contributed by atoms with Crippen LogP contribution in [0.2, 0.25) is 0 Å². The van der Waals surface area contributed by atoms with Crippen LogP contribution in [-0.2, 0) is 21.7 Å². The number of benzene rings is 1. The number of urea groups is 1. The summed E-state index contributed by atoms with van der Waals surface area (Å²) in [6, 6.07) is 8.37. The molecule has 1 aliphatic rings. The van der Waals surface area contributed by atoms with Gasteiger partial charge >= 0.3 is 6.03 Å². The van der Waals surface area contributed by atoms with E-state index in [4.69, 9.17) is 4.74 Å². The van der Waals surface area contributed by atoms with Gasteiger partial charge in [-0.2, -0.15) is 0 Å². The van der Waals surface area contributed by atoms with Crippen molar-refractivity contribution in [2.45, 2.75) is 32.4 Å². The van der Waals surface area contributed by atoms with Crippen molar-refractivity contribution in [3.05, 3.63) is 59.4 Å². The monoisotopic (exact) mass is 396 g/mol. The summed E-state index contributed by atoms with van der Waals surface area (Å²) >= 11 is 0. The first-order valence-corrected chi connectivity index (χ1v) is 9.36. The second-order valence-corrected chi connectivity index (χ2v) is 6.90. The molecule has 2 N–H and O–H groups in total. The smallest absolute Gasteiger partial charge is 0.325 e. The van der Waals surface area contributed by atoms with Crippen molar-refractivity contribution in [2.75, 3.05) is 13.7 Å². The first kappa shape index (κ1) is 20.3. The molecule has 3 rings (SSSR count). The summed E-state index contributed by atoms with van der Waals surface area (Å²) in [6.45, 7) is 3.62. The second kappa shape index (κ2) is 8.30. The van der Waals surface area contributed by atoms with E-state index in [0.717, 1.165) is 16.0 Å². The van der Waals surface area contributed by atoms with Crippen molar-refractivity contribution < 1.29 is 19.1 Å². The molecule has 4 amide bonds. The van der Waals surface area contributed by atoms with E-state index in [9.17, 15) is 14.4 Å². The Morgan fingerprint density at radius 2 is 2.10 bits per heavy atom. The minimum Gasteiger partial charge on any atom is -0.496 e. The number of rotatable bonds is 7. The molecule has 2 aromatic rings. The zero-order valence-electron chi connectivity index (χ0n) is 16.7. The first-order chi connectivity index (χ1) is 13.9. The van der Waals surface area contributed by atoms with Crippen LogP contribution < -0.4 is 15.4 Å². The van der Waals surface area contributed by atoms with Gasteiger partial charge in [0, 0.05) is 18.9 Å². The Bertz CT molecular complexity index is 932. The quantitative estimate of drug-likeness (QED) is 0.696. The standard InChI is InChI=1S/C21H24N4O4/c1-4-21(16-7-8-17(29-3)14(2)10-16)19(27)25(20(28)24-21)13-18(26)23-12-15-6-5-9-22-11-15/h5-11H,4,12-13H2,1-3H3,(H,23,26)(H,24,28). The molecule has 2 heterocycles. The number of hydrogen-bond donors (Lipinski definition) is 2. The lowest BCUT2D eigenvalue weighted by Gasteiger charge is -2.26. The maximum absolute atomic E-state index is 13.2. The number of methoxy groups -OCH3 is 1. The minimum atomic E-state index is -1.20. The molecular formula is C21H24N4O4. The third-order valence-corrected chi connectivity index (χ3v) is 5.11. The van der Waals surface area contributed by atoms with E-state index in [1.807, 2.05) is 26.0 Å². The van der Waals surface area contributed by atoms with E-state index >= 15 is 0 Å². The molecule has 1 fully saturated rings. The maximum atomic E-state index is 13.2. The molecule has 1 aromatic heterocycles. The molecule has 1 aliphatic heterocycles. The molecule has 1 aromatic carbocycles. The van der Waals surface area contributed by atoms with Crippen LogP contribution in [0.5, 0.6) is 5.75 Å². The molecule has 1 saturated heterocycles. The summed E-state index contributed by atoms with van der Waals surface area (Å²) in [5.74, 6) is -0.162. The number of carbonyl (C=O) groups excluding carboxylic acids is 3. The Morgan fingerprint density at radius 1 is 1.31 bits per heavy atom. The van der Waals surface area contributed by atoms with Crippen LogP contribution in [0, 0.1) is 6.92 Å². The number of carbonyl (C=O) groups is 3. The van der Waals surface area contributed by atoms with Gasteiger partial charge < -0.3 is 15.4 Å². The van der Waals surface area contributed by atoms with Gasteiger partial charge in [0.25, 0.3) is 5.91 Å². The fraction of sp³-hybridized carbons (Fsp3) is 0.333. The highest BCUT2D eigenvalue weighted by molar-refractivity contribution is 6.09. The number of nitrogens with zero attached hydrogens (tertiary/aromatic N) is 2. The molecule has 0 radical (unpaired) electrons. The lowest BCUT2D eigenvalue weighted by atomic mass is 9.86. The molecule has 8 nitrogen and oxygen atoms in total. The van der Waals surface area contributed by atoms with Crippen LogP contribution in [0.3, 0.4) is 0 Å². The molecule has 1 unspecified atom stereocenters. The average Bonchev–Trinajstić information content (AvgIpc) is 2.98. The van der Waals surface area contributed by atoms with Gasteiger partial charge in [0.1, 0.15) is 17.8 Å². The highest BCUT2D eigenvalue weighted by atomic mass is 16.5. The molecule has 1 atom stereocenters. The Kier molecular flexibility index (Phi) is 5.81. The van der Waals surface area contributed by atoms with Crippen LogP contribution in [0.25, 0.3) is 0 Å². The third-order valence-electron chi connectivity index (χ3n) is 5.11. The predicted octanol–water partition coefficient (Wildman–Crippen LogP) is 1.87. The fourth-order valence-corrected chi connectivity index (χ4v) is 3.46. The number of hydrogen-bond acceptors (Lipinski definition) is 5. The molecule has 0 aliphatic carbocycles. The Hall–Kier alpha value is -3.42. The van der Waals surface area contributed by atoms with Gasteiger partial charge in [-0.15, -0.1) is 0 Å². The highest BCUT2D eigenvalue weighted by Gasteiger charge is 2.51. The van der Waals surface area contributed by atoms with E-state index in [-0.39, 0.29) is 13.1 Å². The van der Waals surface area contributed by atoms with Crippen molar-refractivity contribution in [3.8, 4) is 5.75 Å². The number of imide groups is 1. The summed E-state index contributed by atoms with van der Waals surface area (Å²) in [6.07, 6.45) is 3.64. The van der Waals surface area contributed by atoms with Gasteiger partial charge in [-0.25, -0.2) is 4.79 Å².